The number of nitrogens with one attached hydrogen (secondary N) is 1. The number of benzene rings is 1. The third kappa shape index (κ3) is 3.97. The van der Waals surface area contributed by atoms with Gasteiger partial charge < -0.3 is 9.47 Å². The molecule has 0 saturated heterocycles. The van der Waals surface area contributed by atoms with E-state index in [9.17, 15) is 4.79 Å². The van der Waals surface area contributed by atoms with Crippen molar-refractivity contribution in [1.29, 1.82) is 0 Å². The highest BCUT2D eigenvalue weighted by atomic mass is 16.5. The second-order valence-electron chi connectivity index (χ2n) is 3.39. The summed E-state index contributed by atoms with van der Waals surface area (Å²) in [5.74, 6) is 0.716. The van der Waals surface area contributed by atoms with E-state index in [1.54, 1.807) is 38.3 Å². The van der Waals surface area contributed by atoms with Gasteiger partial charge in [-0.1, -0.05) is 24.8 Å². The van der Waals surface area contributed by atoms with Gasteiger partial charge in [0.25, 0.3) is 0 Å². The molecule has 1 N–H and O–H groups in total. The molecular formula is C14H17NO3. The van der Waals surface area contributed by atoms with E-state index in [2.05, 4.69) is 11.9 Å². The van der Waals surface area contributed by atoms with Crippen LogP contribution in [0.3, 0.4) is 0 Å². The van der Waals surface area contributed by atoms with Crippen molar-refractivity contribution in [3.63, 3.8) is 0 Å². The molecule has 18 heavy (non-hydrogen) atoms. The molecule has 0 aliphatic heterocycles. The van der Waals surface area contributed by atoms with Crippen molar-refractivity contribution in [2.24, 2.45) is 0 Å². The molecular weight excluding hydrogens is 230 g/mol. The van der Waals surface area contributed by atoms with Crippen molar-refractivity contribution in [3.05, 3.63) is 42.5 Å². The number of methoxy groups -OCH3 is 1. The molecule has 1 amide bonds. The third-order valence-electron chi connectivity index (χ3n) is 2.18. The number of ether oxygens (including phenoxy) is 2. The van der Waals surface area contributed by atoms with Crippen molar-refractivity contribution >= 4 is 17.9 Å². The standard InChI is InChI=1S/C14H17NO3/c1-4-6-7-11-10-12(17-3)8-9-13(11)15-14(16)18-5-2/h4,6-10H,1,5H2,2-3H3,(H,15,16)/b7-6-. The molecule has 1 aromatic rings. The fraction of sp³-hybridized carbons (Fsp3) is 0.214. The van der Waals surface area contributed by atoms with Crippen LogP contribution in [-0.2, 0) is 4.74 Å². The smallest absolute Gasteiger partial charge is 0.411 e. The predicted octanol–water partition coefficient (Wildman–Crippen LogP) is 3.46. The van der Waals surface area contributed by atoms with Crippen LogP contribution in [0.4, 0.5) is 10.5 Å². The van der Waals surface area contributed by atoms with E-state index >= 15 is 0 Å². The lowest BCUT2D eigenvalue weighted by Gasteiger charge is -2.10. The van der Waals surface area contributed by atoms with Gasteiger partial charge in [-0.05, 0) is 25.1 Å². The molecule has 0 aromatic heterocycles. The molecule has 0 unspecified atom stereocenters. The second-order valence-corrected chi connectivity index (χ2v) is 3.39. The van der Waals surface area contributed by atoms with Crippen LogP contribution in [0.5, 0.6) is 5.75 Å². The number of rotatable bonds is 5. The number of amides is 1. The quantitative estimate of drug-likeness (QED) is 0.810. The number of carbonyl (C=O) groups excluding carboxylic acids is 1. The minimum absolute atomic E-state index is 0.333. The number of hydrogen-bond donors (Lipinski definition) is 1. The summed E-state index contributed by atoms with van der Waals surface area (Å²) in [6.45, 7) is 5.70. The van der Waals surface area contributed by atoms with Crippen LogP contribution in [0.1, 0.15) is 12.5 Å². The number of carbonyl (C=O) groups is 1. The number of allylic oxidation sites excluding steroid dienone is 2. The van der Waals surface area contributed by atoms with Crippen molar-refractivity contribution < 1.29 is 14.3 Å². The third-order valence-corrected chi connectivity index (χ3v) is 2.18. The SMILES string of the molecule is C=C/C=C\c1cc(OC)ccc1NC(=O)OCC. The maximum atomic E-state index is 11.4. The molecule has 0 fully saturated rings. The molecule has 0 aliphatic rings. The zero-order valence-corrected chi connectivity index (χ0v) is 10.6. The van der Waals surface area contributed by atoms with Crippen molar-refractivity contribution in [1.82, 2.24) is 0 Å². The average Bonchev–Trinajstić information content (AvgIpc) is 2.37. The van der Waals surface area contributed by atoms with E-state index < -0.39 is 6.09 Å². The van der Waals surface area contributed by atoms with Crippen LogP contribution < -0.4 is 10.1 Å². The predicted molar refractivity (Wildman–Crippen MR) is 72.9 cm³/mol. The van der Waals surface area contributed by atoms with E-state index in [0.29, 0.717) is 18.0 Å². The van der Waals surface area contributed by atoms with Gasteiger partial charge in [0.05, 0.1) is 19.4 Å². The summed E-state index contributed by atoms with van der Waals surface area (Å²) in [6.07, 6.45) is 4.80. The van der Waals surface area contributed by atoms with Gasteiger partial charge >= 0.3 is 6.09 Å². The lowest BCUT2D eigenvalue weighted by molar-refractivity contribution is 0.168. The Bertz CT molecular complexity index is 452. The molecule has 96 valence electrons. The zero-order chi connectivity index (χ0) is 13.4. The normalized spacial score (nSPS) is 10.1. The van der Waals surface area contributed by atoms with Gasteiger partial charge in [-0.2, -0.15) is 0 Å². The molecule has 0 spiro atoms. The average molecular weight is 247 g/mol. The zero-order valence-electron chi connectivity index (χ0n) is 10.6. The summed E-state index contributed by atoms with van der Waals surface area (Å²) in [5.41, 5.74) is 1.48. The first-order chi connectivity index (χ1) is 8.71. The van der Waals surface area contributed by atoms with Crippen LogP contribution in [0.25, 0.3) is 6.08 Å². The van der Waals surface area contributed by atoms with E-state index in [1.807, 2.05) is 12.1 Å². The molecule has 0 radical (unpaired) electrons. The summed E-state index contributed by atoms with van der Waals surface area (Å²) in [7, 11) is 1.59. The van der Waals surface area contributed by atoms with Crippen molar-refractivity contribution in [2.75, 3.05) is 19.0 Å². The van der Waals surface area contributed by atoms with Crippen LogP contribution >= 0.6 is 0 Å². The maximum absolute atomic E-state index is 11.4. The Morgan fingerprint density at radius 3 is 2.89 bits per heavy atom. The maximum Gasteiger partial charge on any atom is 0.411 e. The van der Waals surface area contributed by atoms with Gasteiger partial charge in [0.1, 0.15) is 5.75 Å². The highest BCUT2D eigenvalue weighted by molar-refractivity contribution is 5.88. The number of anilines is 1. The molecule has 0 bridgehead atoms. The molecule has 0 heterocycles. The first-order valence-electron chi connectivity index (χ1n) is 5.62. The number of hydrogen-bond acceptors (Lipinski definition) is 3. The Hall–Kier alpha value is -2.23. The van der Waals surface area contributed by atoms with Gasteiger partial charge in [0, 0.05) is 5.56 Å². The minimum atomic E-state index is -0.476. The minimum Gasteiger partial charge on any atom is -0.497 e. The van der Waals surface area contributed by atoms with Gasteiger partial charge in [-0.25, -0.2) is 4.79 Å². The first kappa shape index (κ1) is 13.8. The van der Waals surface area contributed by atoms with Crippen LogP contribution in [-0.4, -0.2) is 19.8 Å². The molecule has 4 nitrogen and oxygen atoms in total. The van der Waals surface area contributed by atoms with E-state index in [4.69, 9.17) is 9.47 Å². The molecule has 0 saturated carbocycles. The van der Waals surface area contributed by atoms with Gasteiger partial charge in [-0.15, -0.1) is 0 Å². The molecule has 1 rings (SSSR count). The molecule has 1 aromatic carbocycles. The Labute approximate surface area is 107 Å². The van der Waals surface area contributed by atoms with Gasteiger partial charge in [0.2, 0.25) is 0 Å². The lowest BCUT2D eigenvalue weighted by Crippen LogP contribution is -2.14. The second kappa shape index (κ2) is 7.17. The summed E-state index contributed by atoms with van der Waals surface area (Å²) in [4.78, 5) is 11.4. The van der Waals surface area contributed by atoms with E-state index in [0.717, 1.165) is 5.56 Å². The Kier molecular flexibility index (Phi) is 5.51. The first-order valence-corrected chi connectivity index (χ1v) is 5.62. The van der Waals surface area contributed by atoms with Gasteiger partial charge in [-0.3, -0.25) is 5.32 Å². The van der Waals surface area contributed by atoms with Gasteiger partial charge in [0.15, 0.2) is 0 Å². The monoisotopic (exact) mass is 247 g/mol. The fourth-order valence-electron chi connectivity index (χ4n) is 1.37. The van der Waals surface area contributed by atoms with Crippen molar-refractivity contribution in [3.8, 4) is 5.75 Å². The lowest BCUT2D eigenvalue weighted by atomic mass is 10.1. The fourth-order valence-corrected chi connectivity index (χ4v) is 1.37. The molecule has 0 aliphatic carbocycles. The van der Waals surface area contributed by atoms with Crippen LogP contribution in [0, 0.1) is 0 Å². The summed E-state index contributed by atoms with van der Waals surface area (Å²) < 4.78 is 9.97. The van der Waals surface area contributed by atoms with E-state index in [-0.39, 0.29) is 0 Å². The molecule has 0 atom stereocenters. The van der Waals surface area contributed by atoms with Crippen molar-refractivity contribution in [2.45, 2.75) is 6.92 Å². The Balaban J connectivity index is 2.97. The van der Waals surface area contributed by atoms with Crippen LogP contribution in [0.2, 0.25) is 0 Å². The summed E-state index contributed by atoms with van der Waals surface area (Å²) >= 11 is 0. The summed E-state index contributed by atoms with van der Waals surface area (Å²) in [6, 6.07) is 5.35. The highest BCUT2D eigenvalue weighted by Gasteiger charge is 2.06. The van der Waals surface area contributed by atoms with E-state index in [1.165, 1.54) is 0 Å². The van der Waals surface area contributed by atoms with Crippen LogP contribution in [0.15, 0.2) is 36.9 Å². The summed E-state index contributed by atoms with van der Waals surface area (Å²) in [5, 5.41) is 2.67. The Morgan fingerprint density at radius 2 is 2.28 bits per heavy atom. The Morgan fingerprint density at radius 1 is 1.50 bits per heavy atom. The highest BCUT2D eigenvalue weighted by Crippen LogP contribution is 2.23. The molecule has 4 heteroatoms. The topological polar surface area (TPSA) is 47.6 Å². The largest absolute Gasteiger partial charge is 0.497 e.